The summed E-state index contributed by atoms with van der Waals surface area (Å²) < 4.78 is 0. The minimum absolute atomic E-state index is 0.00326. The van der Waals surface area contributed by atoms with Crippen molar-refractivity contribution in [3.8, 4) is 0 Å². The predicted octanol–water partition coefficient (Wildman–Crippen LogP) is -0.517. The predicted molar refractivity (Wildman–Crippen MR) is 133 cm³/mol. The van der Waals surface area contributed by atoms with Crippen molar-refractivity contribution in [1.82, 2.24) is 25.9 Å². The fourth-order valence-corrected chi connectivity index (χ4v) is 3.73. The van der Waals surface area contributed by atoms with Crippen LogP contribution >= 0.6 is 11.8 Å². The first-order valence-electron chi connectivity index (χ1n) is 11.5. The molecule has 36 heavy (non-hydrogen) atoms. The van der Waals surface area contributed by atoms with Gasteiger partial charge in [0, 0.05) is 24.7 Å². The molecule has 1 heterocycles. The monoisotopic (exact) mass is 528 g/mol. The highest BCUT2D eigenvalue weighted by Gasteiger charge is 2.31. The molecule has 13 nitrogen and oxygen atoms in total. The average molecular weight is 529 g/mol. The fraction of sp³-hybridized carbons (Fsp3) is 0.636. The van der Waals surface area contributed by atoms with Gasteiger partial charge < -0.3 is 36.9 Å². The van der Waals surface area contributed by atoms with Gasteiger partial charge in [-0.1, -0.05) is 13.8 Å². The van der Waals surface area contributed by atoms with Crippen LogP contribution in [-0.2, 0) is 30.4 Å². The molecular formula is C22H36N6O7S. The number of hydrogen-bond donors (Lipinski definition) is 7. The van der Waals surface area contributed by atoms with Gasteiger partial charge in [-0.25, -0.2) is 9.78 Å². The zero-order valence-electron chi connectivity index (χ0n) is 20.7. The number of rotatable bonds is 17. The van der Waals surface area contributed by atoms with E-state index in [0.717, 1.165) is 0 Å². The third-order valence-corrected chi connectivity index (χ3v) is 5.83. The SMILES string of the molecule is CSCCC(NC(=O)C(N)CCC(=O)O)C(=O)NC(Cc1cnc[nH]1)C(=O)NC(CC(C)C)C(=O)O. The largest absolute Gasteiger partial charge is 0.481 e. The highest BCUT2D eigenvalue weighted by Crippen LogP contribution is 2.08. The Labute approximate surface area is 213 Å². The van der Waals surface area contributed by atoms with Crippen LogP contribution in [0.1, 0.15) is 45.2 Å². The van der Waals surface area contributed by atoms with E-state index in [9.17, 15) is 29.1 Å². The van der Waals surface area contributed by atoms with E-state index in [1.165, 1.54) is 24.3 Å². The second kappa shape index (κ2) is 15.8. The Morgan fingerprint density at radius 1 is 1.00 bits per heavy atom. The number of nitrogens with one attached hydrogen (secondary N) is 4. The summed E-state index contributed by atoms with van der Waals surface area (Å²) in [5.74, 6) is -3.81. The first kappa shape index (κ1) is 30.9. The summed E-state index contributed by atoms with van der Waals surface area (Å²) in [6.07, 6.45) is 4.74. The normalized spacial score (nSPS) is 14.4. The molecule has 0 aliphatic carbocycles. The van der Waals surface area contributed by atoms with Crippen molar-refractivity contribution < 1.29 is 34.2 Å². The summed E-state index contributed by atoms with van der Waals surface area (Å²) in [5, 5.41) is 25.9. The molecule has 0 aromatic carbocycles. The Bertz CT molecular complexity index is 880. The van der Waals surface area contributed by atoms with Crippen LogP contribution in [0, 0.1) is 5.92 Å². The summed E-state index contributed by atoms with van der Waals surface area (Å²) in [5.41, 5.74) is 6.30. The van der Waals surface area contributed by atoms with Crippen molar-refractivity contribution in [1.29, 1.82) is 0 Å². The lowest BCUT2D eigenvalue weighted by Gasteiger charge is -2.25. The fourth-order valence-electron chi connectivity index (χ4n) is 3.26. The lowest BCUT2D eigenvalue weighted by molar-refractivity contribution is -0.143. The van der Waals surface area contributed by atoms with E-state index in [0.29, 0.717) is 11.4 Å². The van der Waals surface area contributed by atoms with Gasteiger partial charge in [0.2, 0.25) is 17.7 Å². The number of nitrogens with two attached hydrogens (primary N) is 1. The Morgan fingerprint density at radius 3 is 2.14 bits per heavy atom. The van der Waals surface area contributed by atoms with Crippen LogP contribution in [-0.4, -0.2) is 86.0 Å². The van der Waals surface area contributed by atoms with E-state index in [4.69, 9.17) is 10.8 Å². The highest BCUT2D eigenvalue weighted by molar-refractivity contribution is 7.98. The number of carbonyl (C=O) groups excluding carboxylic acids is 3. The van der Waals surface area contributed by atoms with Gasteiger partial charge in [-0.2, -0.15) is 11.8 Å². The zero-order valence-corrected chi connectivity index (χ0v) is 21.5. The van der Waals surface area contributed by atoms with Gasteiger partial charge in [-0.05, 0) is 37.2 Å². The van der Waals surface area contributed by atoms with Crippen molar-refractivity contribution >= 4 is 41.4 Å². The zero-order chi connectivity index (χ0) is 27.3. The molecule has 0 aliphatic heterocycles. The molecule has 14 heteroatoms. The quantitative estimate of drug-likeness (QED) is 0.137. The Balaban J connectivity index is 3.02. The Hall–Kier alpha value is -3.13. The summed E-state index contributed by atoms with van der Waals surface area (Å²) >= 11 is 1.45. The number of H-pyrrole nitrogens is 1. The summed E-state index contributed by atoms with van der Waals surface area (Å²) in [4.78, 5) is 67.7. The topological polar surface area (TPSA) is 217 Å². The van der Waals surface area contributed by atoms with Gasteiger partial charge in [-0.3, -0.25) is 19.2 Å². The molecule has 0 saturated heterocycles. The van der Waals surface area contributed by atoms with E-state index in [-0.39, 0.29) is 38.0 Å². The average Bonchev–Trinajstić information content (AvgIpc) is 3.31. The molecule has 4 unspecified atom stereocenters. The number of thioether (sulfide) groups is 1. The summed E-state index contributed by atoms with van der Waals surface area (Å²) in [6.45, 7) is 3.65. The lowest BCUT2D eigenvalue weighted by Crippen LogP contribution is -2.57. The number of imidazole rings is 1. The van der Waals surface area contributed by atoms with Crippen LogP contribution in [0.25, 0.3) is 0 Å². The lowest BCUT2D eigenvalue weighted by atomic mass is 10.0. The van der Waals surface area contributed by atoms with Crippen molar-refractivity contribution in [3.63, 3.8) is 0 Å². The number of carboxylic acid groups (broad SMARTS) is 2. The summed E-state index contributed by atoms with van der Waals surface area (Å²) in [7, 11) is 0. The minimum atomic E-state index is -1.19. The first-order chi connectivity index (χ1) is 16.9. The van der Waals surface area contributed by atoms with Gasteiger partial charge in [0.05, 0.1) is 12.4 Å². The summed E-state index contributed by atoms with van der Waals surface area (Å²) in [6, 6.07) is -4.45. The van der Waals surface area contributed by atoms with Crippen LogP contribution in [0.4, 0.5) is 0 Å². The van der Waals surface area contributed by atoms with Crippen molar-refractivity contribution in [2.75, 3.05) is 12.0 Å². The number of hydrogen-bond acceptors (Lipinski definition) is 8. The number of carbonyl (C=O) groups is 5. The second-order valence-corrected chi connectivity index (χ2v) is 9.74. The maximum atomic E-state index is 13.1. The van der Waals surface area contributed by atoms with E-state index in [1.54, 1.807) is 0 Å². The van der Waals surface area contributed by atoms with Crippen molar-refractivity contribution in [3.05, 3.63) is 18.2 Å². The number of nitrogens with zero attached hydrogens (tertiary/aromatic N) is 1. The van der Waals surface area contributed by atoms with Gasteiger partial charge in [0.15, 0.2) is 0 Å². The number of aliphatic carboxylic acids is 2. The van der Waals surface area contributed by atoms with E-state index in [2.05, 4.69) is 25.9 Å². The maximum absolute atomic E-state index is 13.1. The third kappa shape index (κ3) is 11.5. The molecule has 8 N–H and O–H groups in total. The number of carboxylic acids is 2. The Morgan fingerprint density at radius 2 is 1.61 bits per heavy atom. The van der Waals surface area contributed by atoms with Gasteiger partial charge >= 0.3 is 11.9 Å². The van der Waals surface area contributed by atoms with E-state index in [1.807, 2.05) is 20.1 Å². The second-order valence-electron chi connectivity index (χ2n) is 8.75. The Kier molecular flexibility index (Phi) is 13.5. The van der Waals surface area contributed by atoms with Crippen LogP contribution in [0.3, 0.4) is 0 Å². The molecule has 1 aromatic rings. The molecule has 202 valence electrons. The van der Waals surface area contributed by atoms with E-state index < -0.39 is 53.8 Å². The van der Waals surface area contributed by atoms with Gasteiger partial charge in [0.1, 0.15) is 18.1 Å². The molecule has 1 rings (SSSR count). The van der Waals surface area contributed by atoms with E-state index >= 15 is 0 Å². The number of amides is 3. The van der Waals surface area contributed by atoms with Crippen LogP contribution in [0.15, 0.2) is 12.5 Å². The van der Waals surface area contributed by atoms with Gasteiger partial charge in [-0.15, -0.1) is 0 Å². The molecule has 0 saturated carbocycles. The molecule has 0 spiro atoms. The molecule has 0 radical (unpaired) electrons. The van der Waals surface area contributed by atoms with Crippen LogP contribution in [0.2, 0.25) is 0 Å². The minimum Gasteiger partial charge on any atom is -0.481 e. The third-order valence-electron chi connectivity index (χ3n) is 5.18. The molecule has 0 aliphatic rings. The number of aromatic nitrogens is 2. The number of aromatic amines is 1. The van der Waals surface area contributed by atoms with Crippen molar-refractivity contribution in [2.45, 2.75) is 70.1 Å². The maximum Gasteiger partial charge on any atom is 0.326 e. The van der Waals surface area contributed by atoms with Crippen LogP contribution in [0.5, 0.6) is 0 Å². The molecular weight excluding hydrogens is 492 g/mol. The highest BCUT2D eigenvalue weighted by atomic mass is 32.2. The van der Waals surface area contributed by atoms with Gasteiger partial charge in [0.25, 0.3) is 0 Å². The molecule has 1 aromatic heterocycles. The van der Waals surface area contributed by atoms with Crippen LogP contribution < -0.4 is 21.7 Å². The van der Waals surface area contributed by atoms with Crippen molar-refractivity contribution in [2.24, 2.45) is 11.7 Å². The molecule has 3 amide bonds. The molecule has 4 atom stereocenters. The molecule has 0 bridgehead atoms. The first-order valence-corrected chi connectivity index (χ1v) is 12.9. The molecule has 0 fully saturated rings. The smallest absolute Gasteiger partial charge is 0.326 e. The standard InChI is InChI=1S/C22H36N6O7S/c1-12(2)8-17(22(34)35)28-21(33)16(9-13-10-24-11-25-13)27-20(32)15(6-7-36-3)26-19(31)14(23)4-5-18(29)30/h10-12,14-17H,4-9,23H2,1-3H3,(H,24,25)(H,26,31)(H,27,32)(H,28,33)(H,29,30)(H,34,35).